The summed E-state index contributed by atoms with van der Waals surface area (Å²) in [4.78, 5) is 23.4. The molecule has 0 radical (unpaired) electrons. The number of hydrogen-bond acceptors (Lipinski definition) is 3. The number of aromatic carboxylic acids is 1. The summed E-state index contributed by atoms with van der Waals surface area (Å²) < 4.78 is 6.85. The van der Waals surface area contributed by atoms with Crippen LogP contribution >= 0.6 is 0 Å². The number of carbonyl (C=O) groups is 2. The van der Waals surface area contributed by atoms with Crippen molar-refractivity contribution in [3.8, 4) is 0 Å². The summed E-state index contributed by atoms with van der Waals surface area (Å²) >= 11 is 0. The second-order valence-corrected chi connectivity index (χ2v) is 4.57. The fourth-order valence-electron chi connectivity index (χ4n) is 2.17. The maximum Gasteiger partial charge on any atom is 0.352 e. The summed E-state index contributed by atoms with van der Waals surface area (Å²) in [5, 5.41) is 8.99. The summed E-state index contributed by atoms with van der Waals surface area (Å²) in [5.74, 6) is -0.00992. The van der Waals surface area contributed by atoms with Crippen molar-refractivity contribution in [3.05, 3.63) is 46.2 Å². The summed E-state index contributed by atoms with van der Waals surface area (Å²) in [5.41, 5.74) is 1.74. The van der Waals surface area contributed by atoms with Crippen molar-refractivity contribution >= 4 is 11.8 Å². The normalized spacial score (nSPS) is 10.7. The third-order valence-electron chi connectivity index (χ3n) is 3.27. The lowest BCUT2D eigenvalue weighted by Crippen LogP contribution is -2.02. The molecule has 2 rings (SSSR count). The summed E-state index contributed by atoms with van der Waals surface area (Å²) in [6.45, 7) is 5.35. The predicted octanol–water partition coefficient (Wildman–Crippen LogP) is 2.47. The highest BCUT2D eigenvalue weighted by molar-refractivity contribution is 6.11. The molecular formula is C14H15NO4. The van der Waals surface area contributed by atoms with Crippen LogP contribution in [0.4, 0.5) is 0 Å². The number of nitrogens with zero attached hydrogens (tertiary/aromatic N) is 1. The Bertz CT molecular complexity index is 676. The van der Waals surface area contributed by atoms with E-state index in [0.717, 1.165) is 5.56 Å². The molecule has 0 fully saturated rings. The Labute approximate surface area is 110 Å². The van der Waals surface area contributed by atoms with E-state index in [9.17, 15) is 9.59 Å². The fourth-order valence-corrected chi connectivity index (χ4v) is 2.17. The van der Waals surface area contributed by atoms with E-state index in [1.54, 1.807) is 20.9 Å². The van der Waals surface area contributed by atoms with E-state index in [0.29, 0.717) is 22.6 Å². The van der Waals surface area contributed by atoms with Crippen LogP contribution in [0.3, 0.4) is 0 Å². The number of hydrogen-bond donors (Lipinski definition) is 1. The fraction of sp³-hybridized carbons (Fsp3) is 0.286. The van der Waals surface area contributed by atoms with Gasteiger partial charge in [-0.15, -0.1) is 0 Å². The molecule has 0 saturated carbocycles. The van der Waals surface area contributed by atoms with Crippen LogP contribution in [0, 0.1) is 20.8 Å². The minimum atomic E-state index is -1.06. The Hall–Kier alpha value is -2.30. The van der Waals surface area contributed by atoms with Crippen molar-refractivity contribution in [1.29, 1.82) is 0 Å². The van der Waals surface area contributed by atoms with Gasteiger partial charge in [-0.1, -0.05) is 0 Å². The Morgan fingerprint density at radius 2 is 1.84 bits per heavy atom. The topological polar surface area (TPSA) is 72.4 Å². The molecule has 5 heteroatoms. The van der Waals surface area contributed by atoms with Crippen LogP contribution in [-0.4, -0.2) is 21.4 Å². The molecule has 0 atom stereocenters. The second-order valence-electron chi connectivity index (χ2n) is 4.57. The standard InChI is InChI=1S/C14H15NO4/c1-7-8(2)19-9(3)12(7)13(16)10-5-11(14(17)18)15(4)6-10/h5-6H,1-4H3,(H,17,18). The predicted molar refractivity (Wildman–Crippen MR) is 68.7 cm³/mol. The largest absolute Gasteiger partial charge is 0.477 e. The lowest BCUT2D eigenvalue weighted by atomic mass is 10.0. The van der Waals surface area contributed by atoms with E-state index in [1.807, 2.05) is 6.92 Å². The number of carbonyl (C=O) groups excluding carboxylic acids is 1. The van der Waals surface area contributed by atoms with E-state index < -0.39 is 5.97 Å². The van der Waals surface area contributed by atoms with Crippen molar-refractivity contribution in [1.82, 2.24) is 4.57 Å². The third kappa shape index (κ3) is 2.07. The van der Waals surface area contributed by atoms with Gasteiger partial charge in [-0.3, -0.25) is 4.79 Å². The average Bonchev–Trinajstić information content (AvgIpc) is 2.81. The van der Waals surface area contributed by atoms with E-state index in [1.165, 1.54) is 16.8 Å². The minimum Gasteiger partial charge on any atom is -0.477 e. The van der Waals surface area contributed by atoms with Crippen molar-refractivity contribution < 1.29 is 19.1 Å². The molecule has 0 aliphatic rings. The van der Waals surface area contributed by atoms with Crippen molar-refractivity contribution in [2.45, 2.75) is 20.8 Å². The van der Waals surface area contributed by atoms with Crippen LogP contribution < -0.4 is 0 Å². The Morgan fingerprint density at radius 3 is 2.26 bits per heavy atom. The van der Waals surface area contributed by atoms with Gasteiger partial charge < -0.3 is 14.1 Å². The van der Waals surface area contributed by atoms with Gasteiger partial charge in [0.05, 0.1) is 5.56 Å². The molecule has 2 heterocycles. The first-order chi connectivity index (χ1) is 8.82. The number of ketones is 1. The molecule has 0 aromatic carbocycles. The minimum absolute atomic E-state index is 0.0823. The molecule has 5 nitrogen and oxygen atoms in total. The molecule has 2 aromatic heterocycles. The maximum atomic E-state index is 12.4. The lowest BCUT2D eigenvalue weighted by Gasteiger charge is -1.97. The smallest absolute Gasteiger partial charge is 0.352 e. The Balaban J connectivity index is 2.50. The highest BCUT2D eigenvalue weighted by Crippen LogP contribution is 2.24. The number of carboxylic acid groups (broad SMARTS) is 1. The molecule has 0 spiro atoms. The van der Waals surface area contributed by atoms with Crippen LogP contribution in [0.25, 0.3) is 0 Å². The highest BCUT2D eigenvalue weighted by atomic mass is 16.4. The van der Waals surface area contributed by atoms with Crippen molar-refractivity contribution in [2.75, 3.05) is 0 Å². The first-order valence-corrected chi connectivity index (χ1v) is 5.84. The zero-order valence-electron chi connectivity index (χ0n) is 11.3. The average molecular weight is 261 g/mol. The van der Waals surface area contributed by atoms with Gasteiger partial charge in [0.15, 0.2) is 5.78 Å². The second kappa shape index (κ2) is 4.42. The molecular weight excluding hydrogens is 246 g/mol. The molecule has 100 valence electrons. The van der Waals surface area contributed by atoms with E-state index in [2.05, 4.69) is 0 Å². The zero-order valence-corrected chi connectivity index (χ0v) is 11.3. The van der Waals surface area contributed by atoms with Crippen LogP contribution in [0.1, 0.15) is 43.5 Å². The van der Waals surface area contributed by atoms with Gasteiger partial charge in [-0.05, 0) is 26.8 Å². The number of carboxylic acids is 1. The molecule has 0 amide bonds. The van der Waals surface area contributed by atoms with Gasteiger partial charge in [0.2, 0.25) is 0 Å². The highest BCUT2D eigenvalue weighted by Gasteiger charge is 2.22. The molecule has 0 aliphatic heterocycles. The van der Waals surface area contributed by atoms with Gasteiger partial charge in [0.25, 0.3) is 0 Å². The Morgan fingerprint density at radius 1 is 1.21 bits per heavy atom. The van der Waals surface area contributed by atoms with E-state index >= 15 is 0 Å². The maximum absolute atomic E-state index is 12.4. The van der Waals surface area contributed by atoms with E-state index in [4.69, 9.17) is 9.52 Å². The monoisotopic (exact) mass is 261 g/mol. The first-order valence-electron chi connectivity index (χ1n) is 5.84. The molecule has 0 aliphatic carbocycles. The van der Waals surface area contributed by atoms with Gasteiger partial charge in [0.1, 0.15) is 17.2 Å². The number of furan rings is 1. The third-order valence-corrected chi connectivity index (χ3v) is 3.27. The number of aryl methyl sites for hydroxylation is 3. The van der Waals surface area contributed by atoms with Crippen LogP contribution in [-0.2, 0) is 7.05 Å². The number of rotatable bonds is 3. The van der Waals surface area contributed by atoms with Gasteiger partial charge in [-0.25, -0.2) is 4.79 Å². The van der Waals surface area contributed by atoms with Gasteiger partial charge >= 0.3 is 5.97 Å². The Kier molecular flexibility index (Phi) is 3.06. The number of aromatic nitrogens is 1. The molecule has 0 saturated heterocycles. The lowest BCUT2D eigenvalue weighted by molar-refractivity contribution is 0.0686. The van der Waals surface area contributed by atoms with Crippen LogP contribution in [0.2, 0.25) is 0 Å². The molecule has 0 unspecified atom stereocenters. The molecule has 2 aromatic rings. The summed E-state index contributed by atoms with van der Waals surface area (Å²) in [7, 11) is 1.60. The van der Waals surface area contributed by atoms with Crippen molar-refractivity contribution in [2.24, 2.45) is 7.05 Å². The van der Waals surface area contributed by atoms with Gasteiger partial charge in [-0.2, -0.15) is 0 Å². The quantitative estimate of drug-likeness (QED) is 0.861. The summed E-state index contributed by atoms with van der Waals surface area (Å²) in [6, 6.07) is 1.38. The van der Waals surface area contributed by atoms with Crippen LogP contribution in [0.5, 0.6) is 0 Å². The van der Waals surface area contributed by atoms with E-state index in [-0.39, 0.29) is 11.5 Å². The molecule has 0 bridgehead atoms. The SMILES string of the molecule is Cc1oc(C)c(C(=O)c2cc(C(=O)O)n(C)c2)c1C. The van der Waals surface area contributed by atoms with Crippen LogP contribution in [0.15, 0.2) is 16.7 Å². The molecule has 19 heavy (non-hydrogen) atoms. The van der Waals surface area contributed by atoms with Crippen molar-refractivity contribution in [3.63, 3.8) is 0 Å². The molecule has 1 N–H and O–H groups in total. The van der Waals surface area contributed by atoms with Gasteiger partial charge in [0, 0.05) is 24.4 Å². The summed E-state index contributed by atoms with van der Waals surface area (Å²) in [6.07, 6.45) is 1.52. The first kappa shape index (κ1) is 13.1. The zero-order chi connectivity index (χ0) is 14.3.